The van der Waals surface area contributed by atoms with Crippen LogP contribution in [0.2, 0.25) is 0 Å². The highest BCUT2D eigenvalue weighted by molar-refractivity contribution is 6.01. The highest BCUT2D eigenvalue weighted by Gasteiger charge is 2.19. The predicted octanol–water partition coefficient (Wildman–Crippen LogP) is 6.91. The molecular weight excluding hydrogens is 386 g/mol. The molecule has 1 amide bonds. The molecule has 3 rings (SSSR count). The number of allylic oxidation sites excluding steroid dienone is 1. The zero-order valence-electron chi connectivity index (χ0n) is 19.1. The van der Waals surface area contributed by atoms with Crippen LogP contribution in [-0.4, -0.2) is 19.1 Å². The molecule has 0 saturated carbocycles. The summed E-state index contributed by atoms with van der Waals surface area (Å²) in [6.45, 7) is 9.37. The number of rotatable bonds is 10. The van der Waals surface area contributed by atoms with Crippen LogP contribution >= 0.6 is 0 Å². The molecule has 4 nitrogen and oxygen atoms in total. The van der Waals surface area contributed by atoms with E-state index in [-0.39, 0.29) is 5.91 Å². The molecule has 0 aliphatic rings. The quantitative estimate of drug-likeness (QED) is 0.287. The summed E-state index contributed by atoms with van der Waals surface area (Å²) < 4.78 is 11.9. The molecule has 1 N–H and O–H groups in total. The zero-order chi connectivity index (χ0) is 22.2. The van der Waals surface area contributed by atoms with Crippen LogP contribution in [-0.2, 0) is 4.79 Å². The van der Waals surface area contributed by atoms with Crippen LogP contribution in [0.15, 0.2) is 53.2 Å². The van der Waals surface area contributed by atoms with E-state index in [9.17, 15) is 4.79 Å². The van der Waals surface area contributed by atoms with Gasteiger partial charge in [0.15, 0.2) is 0 Å². The molecule has 0 aliphatic heterocycles. The van der Waals surface area contributed by atoms with E-state index in [4.69, 9.17) is 9.15 Å². The summed E-state index contributed by atoms with van der Waals surface area (Å²) in [4.78, 5) is 12.5. The Labute approximate surface area is 185 Å². The van der Waals surface area contributed by atoms with Crippen molar-refractivity contribution in [3.63, 3.8) is 0 Å². The number of carbonyl (C=O) groups excluding carboxylic acids is 1. The van der Waals surface area contributed by atoms with E-state index >= 15 is 0 Å². The Morgan fingerprint density at radius 1 is 1.13 bits per heavy atom. The van der Waals surface area contributed by atoms with Crippen molar-refractivity contribution in [2.24, 2.45) is 0 Å². The minimum atomic E-state index is -0.0651. The second-order valence-corrected chi connectivity index (χ2v) is 7.88. The molecule has 31 heavy (non-hydrogen) atoms. The van der Waals surface area contributed by atoms with E-state index in [0.717, 1.165) is 57.4 Å². The number of unbranched alkanes of at least 4 members (excludes halogenated alkanes) is 3. The number of furan rings is 1. The molecule has 164 valence electrons. The Morgan fingerprint density at radius 3 is 2.61 bits per heavy atom. The standard InChI is InChI=1S/C27H33NO3/c1-5-7-8-12-15-28-25(29)16-19(3)22-17-23-24(21-13-10-9-11-14-21)18-31-27(23)20(4)26(22)30-6-2/h9-11,13-14,16-18H,5-8,12,15H2,1-4H3,(H,28,29)/b19-16+. The first kappa shape index (κ1) is 22.7. The van der Waals surface area contributed by atoms with Crippen molar-refractivity contribution in [3.05, 3.63) is 59.9 Å². The fourth-order valence-electron chi connectivity index (χ4n) is 3.87. The molecule has 0 aliphatic carbocycles. The normalized spacial score (nSPS) is 11.7. The average molecular weight is 420 g/mol. The predicted molar refractivity (Wildman–Crippen MR) is 128 cm³/mol. The zero-order valence-corrected chi connectivity index (χ0v) is 19.1. The van der Waals surface area contributed by atoms with E-state index in [1.165, 1.54) is 12.8 Å². The summed E-state index contributed by atoms with van der Waals surface area (Å²) >= 11 is 0. The second-order valence-electron chi connectivity index (χ2n) is 7.88. The third kappa shape index (κ3) is 5.38. The van der Waals surface area contributed by atoms with Crippen molar-refractivity contribution < 1.29 is 13.9 Å². The summed E-state index contributed by atoms with van der Waals surface area (Å²) in [7, 11) is 0. The second kappa shape index (κ2) is 10.9. The Morgan fingerprint density at radius 2 is 1.90 bits per heavy atom. The lowest BCUT2D eigenvalue weighted by atomic mass is 9.96. The molecule has 1 heterocycles. The molecule has 0 saturated heterocycles. The molecule has 0 radical (unpaired) electrons. The molecule has 2 aromatic carbocycles. The Bertz CT molecular complexity index is 1050. The summed E-state index contributed by atoms with van der Waals surface area (Å²) in [6.07, 6.45) is 8.02. The van der Waals surface area contributed by atoms with Gasteiger partial charge in [0.1, 0.15) is 11.3 Å². The SMILES string of the molecule is CCCCCCNC(=O)/C=C(\C)c1cc2c(-c3ccccc3)coc2c(C)c1OCC. The van der Waals surface area contributed by atoms with Gasteiger partial charge in [-0.05, 0) is 44.4 Å². The Hall–Kier alpha value is -3.01. The molecule has 0 bridgehead atoms. The summed E-state index contributed by atoms with van der Waals surface area (Å²) in [5, 5.41) is 4.03. The first-order valence-corrected chi connectivity index (χ1v) is 11.3. The minimum absolute atomic E-state index is 0.0651. The number of amides is 1. The number of ether oxygens (including phenoxy) is 1. The number of hydrogen-bond donors (Lipinski definition) is 1. The van der Waals surface area contributed by atoms with Crippen LogP contribution in [0.5, 0.6) is 5.75 Å². The minimum Gasteiger partial charge on any atom is -0.493 e. The van der Waals surface area contributed by atoms with E-state index < -0.39 is 0 Å². The molecule has 0 atom stereocenters. The van der Waals surface area contributed by atoms with Gasteiger partial charge in [0.25, 0.3) is 0 Å². The molecule has 0 unspecified atom stereocenters. The van der Waals surface area contributed by atoms with Gasteiger partial charge in [-0.15, -0.1) is 0 Å². The van der Waals surface area contributed by atoms with Crippen LogP contribution in [0, 0.1) is 6.92 Å². The van der Waals surface area contributed by atoms with Gasteiger partial charge in [-0.3, -0.25) is 4.79 Å². The highest BCUT2D eigenvalue weighted by atomic mass is 16.5. The fraction of sp³-hybridized carbons (Fsp3) is 0.370. The first-order chi connectivity index (χ1) is 15.1. The largest absolute Gasteiger partial charge is 0.493 e. The average Bonchev–Trinajstić information content (AvgIpc) is 3.20. The van der Waals surface area contributed by atoms with Crippen molar-refractivity contribution in [1.82, 2.24) is 5.32 Å². The van der Waals surface area contributed by atoms with Crippen molar-refractivity contribution in [1.29, 1.82) is 0 Å². The van der Waals surface area contributed by atoms with E-state index in [1.807, 2.05) is 39.0 Å². The number of benzene rings is 2. The van der Waals surface area contributed by atoms with Crippen LogP contribution in [0.1, 0.15) is 57.6 Å². The Balaban J connectivity index is 1.95. The van der Waals surface area contributed by atoms with E-state index in [1.54, 1.807) is 12.3 Å². The van der Waals surface area contributed by atoms with Crippen molar-refractivity contribution in [2.45, 2.75) is 53.4 Å². The maximum absolute atomic E-state index is 12.5. The summed E-state index contributed by atoms with van der Waals surface area (Å²) in [5.41, 5.74) is 5.70. The Kier molecular flexibility index (Phi) is 7.94. The van der Waals surface area contributed by atoms with Gasteiger partial charge in [-0.1, -0.05) is 56.5 Å². The lowest BCUT2D eigenvalue weighted by Crippen LogP contribution is -2.22. The van der Waals surface area contributed by atoms with E-state index in [2.05, 4.69) is 30.4 Å². The third-order valence-corrected chi connectivity index (χ3v) is 5.52. The van der Waals surface area contributed by atoms with E-state index in [0.29, 0.717) is 13.2 Å². The van der Waals surface area contributed by atoms with Crippen LogP contribution in [0.4, 0.5) is 0 Å². The maximum atomic E-state index is 12.5. The number of fused-ring (bicyclic) bond motifs is 1. The summed E-state index contributed by atoms with van der Waals surface area (Å²) in [6, 6.07) is 12.3. The first-order valence-electron chi connectivity index (χ1n) is 11.3. The van der Waals surface area contributed by atoms with Crippen LogP contribution < -0.4 is 10.1 Å². The maximum Gasteiger partial charge on any atom is 0.244 e. The third-order valence-electron chi connectivity index (χ3n) is 5.52. The highest BCUT2D eigenvalue weighted by Crippen LogP contribution is 2.40. The van der Waals surface area contributed by atoms with Gasteiger partial charge >= 0.3 is 0 Å². The van der Waals surface area contributed by atoms with Gasteiger partial charge in [0.05, 0.1) is 12.9 Å². The van der Waals surface area contributed by atoms with Crippen LogP contribution in [0.25, 0.3) is 27.7 Å². The number of hydrogen-bond acceptors (Lipinski definition) is 3. The van der Waals surface area contributed by atoms with Crippen molar-refractivity contribution in [2.75, 3.05) is 13.2 Å². The molecular formula is C27H33NO3. The number of carbonyl (C=O) groups is 1. The number of aryl methyl sites for hydroxylation is 1. The van der Waals surface area contributed by atoms with Crippen molar-refractivity contribution in [3.8, 4) is 16.9 Å². The molecule has 0 fully saturated rings. The van der Waals surface area contributed by atoms with Gasteiger partial charge in [-0.2, -0.15) is 0 Å². The molecule has 3 aromatic rings. The number of nitrogens with one attached hydrogen (secondary N) is 1. The fourth-order valence-corrected chi connectivity index (χ4v) is 3.87. The summed E-state index contributed by atoms with van der Waals surface area (Å²) in [5.74, 6) is 0.707. The molecule has 1 aromatic heterocycles. The lowest BCUT2D eigenvalue weighted by Gasteiger charge is -2.15. The lowest BCUT2D eigenvalue weighted by molar-refractivity contribution is -0.116. The molecule has 4 heteroatoms. The van der Waals surface area contributed by atoms with Gasteiger partial charge < -0.3 is 14.5 Å². The van der Waals surface area contributed by atoms with Gasteiger partial charge in [0, 0.05) is 34.7 Å². The van der Waals surface area contributed by atoms with Gasteiger partial charge in [-0.25, -0.2) is 0 Å². The van der Waals surface area contributed by atoms with Crippen LogP contribution in [0.3, 0.4) is 0 Å². The smallest absolute Gasteiger partial charge is 0.244 e. The van der Waals surface area contributed by atoms with Crippen molar-refractivity contribution >= 4 is 22.4 Å². The monoisotopic (exact) mass is 419 g/mol. The molecule has 0 spiro atoms. The topological polar surface area (TPSA) is 51.5 Å². The van der Waals surface area contributed by atoms with Gasteiger partial charge in [0.2, 0.25) is 5.91 Å².